The molecule has 0 atom stereocenters. The maximum absolute atomic E-state index is 8.33. The molecule has 0 bridgehead atoms. The lowest BCUT2D eigenvalue weighted by Gasteiger charge is -1.83. The molecule has 3 nitrogen and oxygen atoms in total. The van der Waals surface area contributed by atoms with Gasteiger partial charge in [0, 0.05) is 0 Å². The average molecular weight is 129 g/mol. The lowest BCUT2D eigenvalue weighted by molar-refractivity contribution is 1.32. The molecule has 46 valence electrons. The Bertz CT molecular complexity index is 266. The number of rotatable bonds is 0. The molecule has 0 fully saturated rings. The van der Waals surface area contributed by atoms with Gasteiger partial charge in [-0.05, 0) is 12.1 Å². The van der Waals surface area contributed by atoms with Crippen molar-refractivity contribution in [3.05, 3.63) is 35.3 Å². The Labute approximate surface area is 58.4 Å². The molecule has 1 heterocycles. The van der Waals surface area contributed by atoms with E-state index in [2.05, 4.69) is 9.83 Å². The molecule has 0 aliphatic rings. The third-order valence-corrected chi connectivity index (χ3v) is 0.992. The Morgan fingerprint density at radius 3 is 2.80 bits per heavy atom. The van der Waals surface area contributed by atoms with Crippen molar-refractivity contribution in [2.45, 2.75) is 0 Å². The van der Waals surface area contributed by atoms with Crippen molar-refractivity contribution in [2.24, 2.45) is 0 Å². The van der Waals surface area contributed by atoms with Crippen LogP contribution in [-0.4, -0.2) is 4.98 Å². The van der Waals surface area contributed by atoms with Crippen LogP contribution in [0.3, 0.4) is 0 Å². The number of aromatic nitrogens is 1. The zero-order valence-corrected chi connectivity index (χ0v) is 5.07. The molecule has 0 unspecified atom stereocenters. The molecule has 1 aromatic heterocycles. The van der Waals surface area contributed by atoms with Crippen LogP contribution in [0.1, 0.15) is 5.56 Å². The zero-order valence-electron chi connectivity index (χ0n) is 5.07. The molecule has 3 heteroatoms. The summed E-state index contributed by atoms with van der Waals surface area (Å²) in [6.45, 7) is 6.55. The predicted octanol–water partition coefficient (Wildman–Crippen LogP) is 1.50. The van der Waals surface area contributed by atoms with Crippen LogP contribution in [0.15, 0.2) is 18.3 Å². The molecule has 0 aliphatic carbocycles. The first-order valence-electron chi connectivity index (χ1n) is 2.60. The molecule has 0 N–H and O–H groups in total. The van der Waals surface area contributed by atoms with Gasteiger partial charge in [0.1, 0.15) is 12.3 Å². The van der Waals surface area contributed by atoms with Crippen molar-refractivity contribution in [2.75, 3.05) is 0 Å². The van der Waals surface area contributed by atoms with Gasteiger partial charge >= 0.3 is 0 Å². The first kappa shape index (κ1) is 6.25. The molecule has 0 saturated carbocycles. The van der Waals surface area contributed by atoms with Crippen LogP contribution in [-0.2, 0) is 0 Å². The first-order valence-corrected chi connectivity index (χ1v) is 2.60. The van der Waals surface area contributed by atoms with E-state index in [1.807, 2.05) is 6.07 Å². The van der Waals surface area contributed by atoms with E-state index in [1.165, 1.54) is 12.3 Å². The summed E-state index contributed by atoms with van der Waals surface area (Å²) in [5, 5.41) is 8.33. The highest BCUT2D eigenvalue weighted by molar-refractivity contribution is 5.39. The Morgan fingerprint density at radius 2 is 2.40 bits per heavy atom. The molecule has 0 aliphatic heterocycles. The first-order chi connectivity index (χ1) is 4.86. The van der Waals surface area contributed by atoms with E-state index in [0.29, 0.717) is 11.4 Å². The molecular formula is C7H3N3. The number of hydrogen-bond acceptors (Lipinski definition) is 2. The SMILES string of the molecule is [C-]#[N+]c1ccc(C#N)cn1. The predicted molar refractivity (Wildman–Crippen MR) is 35.2 cm³/mol. The van der Waals surface area contributed by atoms with Gasteiger partial charge in [-0.15, -0.1) is 4.98 Å². The van der Waals surface area contributed by atoms with Crippen molar-refractivity contribution in [3.8, 4) is 6.07 Å². The fourth-order valence-corrected chi connectivity index (χ4v) is 0.518. The van der Waals surface area contributed by atoms with Gasteiger partial charge in [0.2, 0.25) is 0 Å². The summed E-state index contributed by atoms with van der Waals surface area (Å²) in [6, 6.07) is 5.00. The van der Waals surface area contributed by atoms with Gasteiger partial charge in [0.15, 0.2) is 0 Å². The number of pyridine rings is 1. The standard InChI is InChI=1S/C7H3N3/c1-9-7-3-2-6(4-8)5-10-7/h2-3,5H. The summed E-state index contributed by atoms with van der Waals surface area (Å²) in [4.78, 5) is 6.77. The van der Waals surface area contributed by atoms with E-state index < -0.39 is 0 Å². The van der Waals surface area contributed by atoms with E-state index >= 15 is 0 Å². The normalized spacial score (nSPS) is 7.80. The van der Waals surface area contributed by atoms with Gasteiger partial charge in [-0.2, -0.15) is 5.26 Å². The minimum absolute atomic E-state index is 0.319. The van der Waals surface area contributed by atoms with Gasteiger partial charge in [0.05, 0.1) is 5.56 Å². The molecule has 1 aromatic rings. The zero-order chi connectivity index (χ0) is 7.40. The second-order valence-corrected chi connectivity index (χ2v) is 1.63. The lowest BCUT2D eigenvalue weighted by Crippen LogP contribution is -1.74. The molecule has 0 spiro atoms. The molecular weight excluding hydrogens is 126 g/mol. The molecule has 1 rings (SSSR count). The van der Waals surface area contributed by atoms with Gasteiger partial charge in [-0.25, -0.2) is 0 Å². The van der Waals surface area contributed by atoms with Gasteiger partial charge < -0.3 is 4.85 Å². The van der Waals surface area contributed by atoms with Gasteiger partial charge in [-0.3, -0.25) is 0 Å². The molecule has 0 radical (unpaired) electrons. The smallest absolute Gasteiger partial charge is 0.269 e. The summed E-state index contributed by atoms with van der Waals surface area (Å²) in [6.07, 6.45) is 1.38. The van der Waals surface area contributed by atoms with Crippen LogP contribution >= 0.6 is 0 Å². The van der Waals surface area contributed by atoms with E-state index in [9.17, 15) is 0 Å². The van der Waals surface area contributed by atoms with Crippen LogP contribution in [0.4, 0.5) is 5.82 Å². The summed E-state index contributed by atoms with van der Waals surface area (Å²) in [5.41, 5.74) is 0.479. The second-order valence-electron chi connectivity index (χ2n) is 1.63. The highest BCUT2D eigenvalue weighted by Crippen LogP contribution is 2.06. The summed E-state index contributed by atoms with van der Waals surface area (Å²) in [7, 11) is 0. The summed E-state index contributed by atoms with van der Waals surface area (Å²) >= 11 is 0. The minimum Gasteiger partial charge on any atom is -0.361 e. The number of nitriles is 1. The van der Waals surface area contributed by atoms with Crippen molar-refractivity contribution >= 4 is 5.82 Å². The highest BCUT2D eigenvalue weighted by Gasteiger charge is 1.92. The van der Waals surface area contributed by atoms with Crippen molar-refractivity contribution in [1.29, 1.82) is 5.26 Å². The largest absolute Gasteiger partial charge is 0.361 e. The van der Waals surface area contributed by atoms with Crippen LogP contribution in [0.2, 0.25) is 0 Å². The van der Waals surface area contributed by atoms with Crippen molar-refractivity contribution < 1.29 is 0 Å². The van der Waals surface area contributed by atoms with Crippen LogP contribution in [0.5, 0.6) is 0 Å². The van der Waals surface area contributed by atoms with Crippen LogP contribution < -0.4 is 0 Å². The maximum atomic E-state index is 8.33. The van der Waals surface area contributed by atoms with Crippen molar-refractivity contribution in [3.63, 3.8) is 0 Å². The third kappa shape index (κ3) is 1.10. The van der Waals surface area contributed by atoms with E-state index in [1.54, 1.807) is 6.07 Å². The Hall–Kier alpha value is -1.87. The highest BCUT2D eigenvalue weighted by atomic mass is 14.8. The lowest BCUT2D eigenvalue weighted by atomic mass is 10.3. The van der Waals surface area contributed by atoms with E-state index in [4.69, 9.17) is 11.8 Å². The van der Waals surface area contributed by atoms with Crippen LogP contribution in [0, 0.1) is 17.9 Å². The minimum atomic E-state index is 0.319. The maximum Gasteiger partial charge on any atom is 0.269 e. The molecule has 0 aromatic carbocycles. The van der Waals surface area contributed by atoms with Crippen LogP contribution in [0.25, 0.3) is 4.85 Å². The topological polar surface area (TPSA) is 41.0 Å². The van der Waals surface area contributed by atoms with Crippen molar-refractivity contribution in [1.82, 2.24) is 4.98 Å². The number of nitrogens with zero attached hydrogens (tertiary/aromatic N) is 3. The van der Waals surface area contributed by atoms with E-state index in [0.717, 1.165) is 0 Å². The fourth-order valence-electron chi connectivity index (χ4n) is 0.518. The average Bonchev–Trinajstić information content (AvgIpc) is 2.05. The Balaban J connectivity index is 3.08. The molecule has 0 amide bonds. The quantitative estimate of drug-likeness (QED) is 0.498. The Morgan fingerprint density at radius 1 is 1.60 bits per heavy atom. The van der Waals surface area contributed by atoms with Gasteiger partial charge in [0.25, 0.3) is 5.82 Å². The van der Waals surface area contributed by atoms with E-state index in [-0.39, 0.29) is 0 Å². The Kier molecular flexibility index (Phi) is 1.63. The third-order valence-electron chi connectivity index (χ3n) is 0.992. The van der Waals surface area contributed by atoms with Gasteiger partial charge in [-0.1, -0.05) is 6.57 Å². The monoisotopic (exact) mass is 129 g/mol. The fraction of sp³-hybridized carbons (Fsp3) is 0. The molecule has 10 heavy (non-hydrogen) atoms. The summed E-state index contributed by atoms with van der Waals surface area (Å²) in [5.74, 6) is 0.319. The summed E-state index contributed by atoms with van der Waals surface area (Å²) < 4.78 is 0. The molecule has 0 saturated heterocycles. The number of hydrogen-bond donors (Lipinski definition) is 0. The second kappa shape index (κ2) is 2.61.